The molecular formula is C21H16ClN3O6S. The lowest BCUT2D eigenvalue weighted by Crippen LogP contribution is -2.40. The van der Waals surface area contributed by atoms with Crippen LogP contribution in [0.3, 0.4) is 0 Å². The van der Waals surface area contributed by atoms with Crippen molar-refractivity contribution in [3.63, 3.8) is 0 Å². The molecular weight excluding hydrogens is 458 g/mol. The lowest BCUT2D eigenvalue weighted by molar-refractivity contribution is -0.402. The first kappa shape index (κ1) is 21.7. The van der Waals surface area contributed by atoms with Crippen LogP contribution in [0.4, 0.5) is 5.88 Å². The van der Waals surface area contributed by atoms with E-state index in [-0.39, 0.29) is 22.5 Å². The zero-order valence-corrected chi connectivity index (χ0v) is 18.5. The number of benzene rings is 1. The highest BCUT2D eigenvalue weighted by molar-refractivity contribution is 7.07. The Kier molecular flexibility index (Phi) is 5.81. The number of ether oxygens (including phenoxy) is 1. The molecule has 9 nitrogen and oxygen atoms in total. The number of furan rings is 1. The Bertz CT molecular complexity index is 1450. The first-order chi connectivity index (χ1) is 15.3. The maximum Gasteiger partial charge on any atom is 0.433 e. The third-order valence-electron chi connectivity index (χ3n) is 4.78. The minimum atomic E-state index is -0.841. The summed E-state index contributed by atoms with van der Waals surface area (Å²) in [5.74, 6) is -0.870. The molecule has 0 N–H and O–H groups in total. The van der Waals surface area contributed by atoms with Gasteiger partial charge in [-0.05, 0) is 31.5 Å². The van der Waals surface area contributed by atoms with Crippen molar-refractivity contribution in [2.45, 2.75) is 19.9 Å². The van der Waals surface area contributed by atoms with Gasteiger partial charge in [-0.2, -0.15) is 0 Å². The van der Waals surface area contributed by atoms with Crippen molar-refractivity contribution < 1.29 is 18.9 Å². The number of nitrogens with zero attached hydrogens (tertiary/aromatic N) is 3. The van der Waals surface area contributed by atoms with Crippen LogP contribution in [-0.2, 0) is 9.53 Å². The summed E-state index contributed by atoms with van der Waals surface area (Å²) >= 11 is 7.51. The van der Waals surface area contributed by atoms with Crippen LogP contribution in [0, 0.1) is 10.1 Å². The van der Waals surface area contributed by atoms with Gasteiger partial charge in [0.05, 0.1) is 28.5 Å². The fourth-order valence-electron chi connectivity index (χ4n) is 3.43. The van der Waals surface area contributed by atoms with E-state index in [0.717, 1.165) is 11.3 Å². The first-order valence-corrected chi connectivity index (χ1v) is 10.7. The van der Waals surface area contributed by atoms with Gasteiger partial charge < -0.3 is 9.15 Å². The first-order valence-electron chi connectivity index (χ1n) is 9.50. The van der Waals surface area contributed by atoms with E-state index in [2.05, 4.69) is 4.99 Å². The van der Waals surface area contributed by atoms with E-state index in [4.69, 9.17) is 20.8 Å². The Balaban J connectivity index is 1.95. The molecule has 0 saturated carbocycles. The predicted octanol–water partition coefficient (Wildman–Crippen LogP) is 2.95. The van der Waals surface area contributed by atoms with Gasteiger partial charge in [0, 0.05) is 11.1 Å². The van der Waals surface area contributed by atoms with Gasteiger partial charge in [-0.1, -0.05) is 41.1 Å². The number of fused-ring (bicyclic) bond motifs is 1. The Labute approximate surface area is 189 Å². The molecule has 4 rings (SSSR count). The lowest BCUT2D eigenvalue weighted by Gasteiger charge is -2.25. The van der Waals surface area contributed by atoms with Crippen molar-refractivity contribution in [1.29, 1.82) is 0 Å². The topological polar surface area (TPSA) is 117 Å². The molecule has 1 atom stereocenters. The second-order valence-corrected chi connectivity index (χ2v) is 8.17. The third-order valence-corrected chi connectivity index (χ3v) is 6.11. The number of hydrogen-bond acceptors (Lipinski definition) is 8. The van der Waals surface area contributed by atoms with E-state index < -0.39 is 28.4 Å². The van der Waals surface area contributed by atoms with Crippen molar-refractivity contribution in [1.82, 2.24) is 4.57 Å². The molecule has 0 aliphatic carbocycles. The number of rotatable bonds is 5. The van der Waals surface area contributed by atoms with Crippen molar-refractivity contribution in [2.75, 3.05) is 6.61 Å². The molecule has 11 heteroatoms. The lowest BCUT2D eigenvalue weighted by atomic mass is 9.96. The number of allylic oxidation sites excluding steroid dienone is 1. The molecule has 3 aromatic rings. The highest BCUT2D eigenvalue weighted by Gasteiger charge is 2.34. The Hall–Kier alpha value is -3.50. The molecule has 0 saturated heterocycles. The zero-order valence-electron chi connectivity index (χ0n) is 16.9. The summed E-state index contributed by atoms with van der Waals surface area (Å²) in [5, 5.41) is 11.3. The zero-order chi connectivity index (χ0) is 23.0. The summed E-state index contributed by atoms with van der Waals surface area (Å²) in [7, 11) is 0. The van der Waals surface area contributed by atoms with Gasteiger partial charge in [0.25, 0.3) is 5.56 Å². The summed E-state index contributed by atoms with van der Waals surface area (Å²) in [4.78, 5) is 41.2. The monoisotopic (exact) mass is 473 g/mol. The molecule has 0 spiro atoms. The van der Waals surface area contributed by atoms with Gasteiger partial charge in [-0.3, -0.25) is 19.5 Å². The van der Waals surface area contributed by atoms with Crippen LogP contribution in [0.2, 0.25) is 5.02 Å². The largest absolute Gasteiger partial charge is 0.463 e. The molecule has 2 aromatic heterocycles. The van der Waals surface area contributed by atoms with Gasteiger partial charge in [-0.15, -0.1) is 0 Å². The van der Waals surface area contributed by atoms with E-state index in [9.17, 15) is 19.7 Å². The van der Waals surface area contributed by atoms with E-state index in [1.54, 1.807) is 38.1 Å². The molecule has 0 radical (unpaired) electrons. The molecule has 3 heterocycles. The van der Waals surface area contributed by atoms with Crippen LogP contribution in [0.15, 0.2) is 61.9 Å². The molecule has 0 fully saturated rings. The van der Waals surface area contributed by atoms with Gasteiger partial charge in [0.2, 0.25) is 0 Å². The van der Waals surface area contributed by atoms with Crippen LogP contribution >= 0.6 is 22.9 Å². The van der Waals surface area contributed by atoms with Crippen molar-refractivity contribution in [3.05, 3.63) is 93.8 Å². The SMILES string of the molecule is CCOC(=O)C1=C(C)N=c2s/c(=C\c3ccc([N+](=O)[O-])o3)c(=O)n2C1c1ccccc1Cl. The summed E-state index contributed by atoms with van der Waals surface area (Å²) in [6.45, 7) is 3.52. The number of carbonyl (C=O) groups excluding carboxylic acids is 1. The Morgan fingerprint density at radius 2 is 2.12 bits per heavy atom. The van der Waals surface area contributed by atoms with Crippen LogP contribution in [0.5, 0.6) is 0 Å². The van der Waals surface area contributed by atoms with Crippen molar-refractivity contribution in [3.8, 4) is 0 Å². The maximum atomic E-state index is 13.4. The average Bonchev–Trinajstić information content (AvgIpc) is 3.33. The molecule has 32 heavy (non-hydrogen) atoms. The van der Waals surface area contributed by atoms with Gasteiger partial charge in [-0.25, -0.2) is 9.79 Å². The smallest absolute Gasteiger partial charge is 0.433 e. The summed E-state index contributed by atoms with van der Waals surface area (Å²) in [5.41, 5.74) is 0.738. The number of esters is 1. The molecule has 1 aromatic carbocycles. The number of thiazole rings is 1. The summed E-state index contributed by atoms with van der Waals surface area (Å²) < 4.78 is 12.0. The van der Waals surface area contributed by atoms with Crippen molar-refractivity contribution >= 4 is 40.9 Å². The third kappa shape index (κ3) is 3.78. The van der Waals surface area contributed by atoms with Crippen LogP contribution in [0.25, 0.3) is 6.08 Å². The quantitative estimate of drug-likeness (QED) is 0.319. The Morgan fingerprint density at radius 1 is 1.38 bits per heavy atom. The fourth-order valence-corrected chi connectivity index (χ4v) is 4.70. The van der Waals surface area contributed by atoms with Crippen LogP contribution in [-0.4, -0.2) is 22.1 Å². The van der Waals surface area contributed by atoms with Gasteiger partial charge >= 0.3 is 11.9 Å². The second kappa shape index (κ2) is 8.56. The van der Waals surface area contributed by atoms with Gasteiger partial charge in [0.15, 0.2) is 4.80 Å². The highest BCUT2D eigenvalue weighted by Crippen LogP contribution is 2.34. The van der Waals surface area contributed by atoms with Crippen molar-refractivity contribution in [2.24, 2.45) is 4.99 Å². The molecule has 164 valence electrons. The van der Waals surface area contributed by atoms with Gasteiger partial charge in [0.1, 0.15) is 16.7 Å². The number of nitro groups is 1. The fraction of sp³-hybridized carbons (Fsp3) is 0.190. The summed E-state index contributed by atoms with van der Waals surface area (Å²) in [6.07, 6.45) is 1.41. The highest BCUT2D eigenvalue weighted by atomic mass is 35.5. The molecule has 1 aliphatic heterocycles. The minimum absolute atomic E-state index is 0.151. The normalized spacial score (nSPS) is 16.0. The number of aromatic nitrogens is 1. The number of hydrogen-bond donors (Lipinski definition) is 0. The van der Waals surface area contributed by atoms with E-state index in [1.165, 1.54) is 22.8 Å². The molecule has 1 unspecified atom stereocenters. The maximum absolute atomic E-state index is 13.4. The van der Waals surface area contributed by atoms with Crippen LogP contribution < -0.4 is 14.9 Å². The van der Waals surface area contributed by atoms with Crippen LogP contribution in [0.1, 0.15) is 31.2 Å². The number of halogens is 1. The summed E-state index contributed by atoms with van der Waals surface area (Å²) in [6, 6.07) is 8.68. The average molecular weight is 474 g/mol. The molecule has 0 bridgehead atoms. The standard InChI is InChI=1S/C21H16ClN3O6S/c1-3-30-20(27)17-11(2)23-21-24(18(17)13-6-4-5-7-14(13)22)19(26)15(32-21)10-12-8-9-16(31-12)25(28)29/h4-10,18H,3H2,1-2H3/b15-10-. The van der Waals surface area contributed by atoms with E-state index in [1.807, 2.05) is 0 Å². The second-order valence-electron chi connectivity index (χ2n) is 6.76. The number of carbonyl (C=O) groups is 1. The molecule has 0 amide bonds. The molecule has 1 aliphatic rings. The minimum Gasteiger partial charge on any atom is -0.463 e. The van der Waals surface area contributed by atoms with E-state index in [0.29, 0.717) is 21.1 Å². The van der Waals surface area contributed by atoms with E-state index >= 15 is 0 Å². The Morgan fingerprint density at radius 3 is 2.78 bits per heavy atom. The predicted molar refractivity (Wildman–Crippen MR) is 117 cm³/mol.